The van der Waals surface area contributed by atoms with E-state index in [4.69, 9.17) is 41.0 Å². The van der Waals surface area contributed by atoms with E-state index in [1.165, 1.54) is 38.1 Å². The van der Waals surface area contributed by atoms with E-state index in [1.54, 1.807) is 83.1 Å². The number of anilines is 1. The van der Waals surface area contributed by atoms with Crippen LogP contribution in [0.15, 0.2) is 83.9 Å². The number of ether oxygens (including phenoxy) is 5. The van der Waals surface area contributed by atoms with Gasteiger partial charge in [0.15, 0.2) is 17.5 Å². The molecule has 21 heteroatoms. The molecule has 2 saturated carbocycles. The highest BCUT2D eigenvalue weighted by molar-refractivity contribution is 6.33. The van der Waals surface area contributed by atoms with Crippen molar-refractivity contribution < 1.29 is 78.0 Å². The zero-order chi connectivity index (χ0) is 57.9. The number of alkyl carbamates (subject to hydrolysis) is 1. The minimum Gasteiger partial charge on any atom is -0.456 e. The molecule has 3 aromatic carbocycles. The van der Waals surface area contributed by atoms with E-state index >= 15 is 0 Å². The summed E-state index contributed by atoms with van der Waals surface area (Å²) in [5, 5.41) is 64.0. The second-order valence-electron chi connectivity index (χ2n) is 22.0. The van der Waals surface area contributed by atoms with Crippen molar-refractivity contribution in [3.05, 3.63) is 111 Å². The summed E-state index contributed by atoms with van der Waals surface area (Å²) >= 11 is 5.92. The highest BCUT2D eigenvalue weighted by Crippen LogP contribution is 2.64. The van der Waals surface area contributed by atoms with Crippen molar-refractivity contribution in [2.24, 2.45) is 16.7 Å². The van der Waals surface area contributed by atoms with E-state index in [0.717, 1.165) is 26.6 Å². The third-order valence-corrected chi connectivity index (χ3v) is 16.1. The molecule has 0 spiro atoms. The van der Waals surface area contributed by atoms with Crippen molar-refractivity contribution in [3.8, 4) is 0 Å². The van der Waals surface area contributed by atoms with Gasteiger partial charge in [-0.15, -0.1) is 0 Å². The number of carbonyl (C=O) groups excluding carboxylic acids is 6. The Morgan fingerprint density at radius 2 is 1.58 bits per heavy atom. The van der Waals surface area contributed by atoms with Crippen LogP contribution in [0.4, 0.5) is 10.5 Å². The first-order valence-corrected chi connectivity index (χ1v) is 26.4. The van der Waals surface area contributed by atoms with Crippen LogP contribution in [0, 0.1) is 16.7 Å². The SMILES string of the molecule is CC(=O)O[C@@]12CO[C@@H]1C[C@H](O)[C@@]1(C)C(=O)[C@H](O)C3=C(C)[C@@H](OC(=O)[C@H](O)[C@@H](NC(=O)OC(C)(C)C)c4ccccc4)C[C@@](O)([C@@H](OC(=O)c4ccccc4)[C@H]21)C3(C)C.CCN(CC)CCNC(=O)c1cc(Cl)c(N)cc1CO. The van der Waals surface area contributed by atoms with E-state index in [0.29, 0.717) is 33.9 Å². The Morgan fingerprint density at radius 3 is 2.13 bits per heavy atom. The Bertz CT molecular complexity index is 2730. The van der Waals surface area contributed by atoms with Crippen LogP contribution in [0.25, 0.3) is 0 Å². The van der Waals surface area contributed by atoms with Gasteiger partial charge in [-0.3, -0.25) is 14.4 Å². The molecule has 426 valence electrons. The number of nitrogen functional groups attached to an aromatic ring is 1. The van der Waals surface area contributed by atoms with Crippen LogP contribution in [0.1, 0.15) is 120 Å². The number of Topliss-reactive ketones (excluding diaryl/α,β-unsaturated/α-hetero) is 1. The number of hydrogen-bond acceptors (Lipinski definition) is 18. The van der Waals surface area contributed by atoms with Gasteiger partial charge in [0.05, 0.1) is 53.0 Å². The Balaban J connectivity index is 0.000000414. The molecule has 2 bridgehead atoms. The minimum atomic E-state index is -2.35. The van der Waals surface area contributed by atoms with Crippen LogP contribution in [0.2, 0.25) is 5.02 Å². The van der Waals surface area contributed by atoms with Crippen molar-refractivity contribution in [3.63, 3.8) is 0 Å². The summed E-state index contributed by atoms with van der Waals surface area (Å²) in [5.74, 6) is -5.61. The molecule has 9 N–H and O–H groups in total. The lowest BCUT2D eigenvalue weighted by Crippen LogP contribution is -2.81. The van der Waals surface area contributed by atoms with Crippen LogP contribution in [-0.4, -0.2) is 152 Å². The predicted octanol–water partition coefficient (Wildman–Crippen LogP) is 4.75. The van der Waals surface area contributed by atoms with Crippen molar-refractivity contribution in [1.82, 2.24) is 15.5 Å². The second kappa shape index (κ2) is 24.2. The highest BCUT2D eigenvalue weighted by Gasteiger charge is 2.78. The normalized spacial score (nSPS) is 27.8. The maximum absolute atomic E-state index is 14.9. The lowest BCUT2D eigenvalue weighted by Gasteiger charge is -2.67. The summed E-state index contributed by atoms with van der Waals surface area (Å²) in [6.07, 6.45) is -11.5. The molecule has 4 aliphatic rings. The van der Waals surface area contributed by atoms with Crippen LogP contribution in [0.3, 0.4) is 0 Å². The number of aliphatic hydroxyl groups is 5. The van der Waals surface area contributed by atoms with E-state index in [-0.39, 0.29) is 42.3 Å². The number of hydrogen-bond donors (Lipinski definition) is 8. The standard InChI is InChI=1S/C43H53NO14.C14H22ClN3O2/c1-22-26(55-37(51)32(48)30(24-15-11-9-12-16-24)44-38(52)58-39(3,4)5)20-43(53)35(56-36(50)25-17-13-10-14-18-25)33-41(8,34(49)31(47)29(22)40(43,6)7)27(46)19-28-42(33,21-54-28)57-23(2)45;1-3-18(4-2)6-5-17-14(20)11-8-12(15)13(16)7-10(11)9-19/h9-18,26-28,30-33,35,46-48,53H,19-21H2,1-8H3,(H,44,52);7-8,19H,3-6,9,16H2,1-2H3,(H,17,20)/t26-,27-,28+,30-,31+,32+,33-,35-,41+,42-,43+;/m0./s1. The van der Waals surface area contributed by atoms with Crippen molar-refractivity contribution >= 4 is 53.0 Å². The fourth-order valence-corrected chi connectivity index (χ4v) is 11.7. The second-order valence-corrected chi connectivity index (χ2v) is 22.5. The summed E-state index contributed by atoms with van der Waals surface area (Å²) in [5.41, 5.74) is -1.27. The summed E-state index contributed by atoms with van der Waals surface area (Å²) in [6.45, 7) is 18.9. The zero-order valence-corrected chi connectivity index (χ0v) is 46.6. The van der Waals surface area contributed by atoms with Gasteiger partial charge in [-0.25, -0.2) is 14.4 Å². The van der Waals surface area contributed by atoms with Crippen molar-refractivity contribution in [2.75, 3.05) is 38.5 Å². The minimum absolute atomic E-state index is 0.0637. The third-order valence-electron chi connectivity index (χ3n) is 15.8. The Hall–Kier alpha value is -5.97. The van der Waals surface area contributed by atoms with Gasteiger partial charge < -0.3 is 70.5 Å². The highest BCUT2D eigenvalue weighted by atomic mass is 35.5. The van der Waals surface area contributed by atoms with E-state index in [2.05, 4.69) is 29.4 Å². The number of nitrogens with one attached hydrogen (secondary N) is 2. The van der Waals surface area contributed by atoms with Crippen LogP contribution >= 0.6 is 11.6 Å². The topological polar surface area (TPSA) is 303 Å². The van der Waals surface area contributed by atoms with Gasteiger partial charge >= 0.3 is 24.0 Å². The molecule has 3 fully saturated rings. The Kier molecular flexibility index (Phi) is 19.0. The number of esters is 3. The van der Waals surface area contributed by atoms with Crippen LogP contribution in [-0.2, 0) is 44.7 Å². The van der Waals surface area contributed by atoms with Crippen LogP contribution < -0.4 is 16.4 Å². The summed E-state index contributed by atoms with van der Waals surface area (Å²) in [7, 11) is 0. The van der Waals surface area contributed by atoms with Gasteiger partial charge in [0.25, 0.3) is 5.91 Å². The van der Waals surface area contributed by atoms with Crippen LogP contribution in [0.5, 0.6) is 0 Å². The number of halogens is 1. The molecular formula is C57H75ClN4O16. The summed E-state index contributed by atoms with van der Waals surface area (Å²) in [4.78, 5) is 83.2. The largest absolute Gasteiger partial charge is 0.456 e. The Morgan fingerprint density at radius 1 is 0.962 bits per heavy atom. The summed E-state index contributed by atoms with van der Waals surface area (Å²) < 4.78 is 29.5. The van der Waals surface area contributed by atoms with Gasteiger partial charge in [-0.2, -0.15) is 0 Å². The molecule has 1 heterocycles. The maximum Gasteiger partial charge on any atom is 0.408 e. The van der Waals surface area contributed by atoms with E-state index < -0.39 is 112 Å². The fraction of sp³-hybridized carbons (Fsp3) is 0.544. The van der Waals surface area contributed by atoms with Gasteiger partial charge in [-0.1, -0.05) is 87.8 Å². The van der Waals surface area contributed by atoms with Gasteiger partial charge in [0.2, 0.25) is 0 Å². The molecule has 3 aliphatic carbocycles. The van der Waals surface area contributed by atoms with Gasteiger partial charge in [0.1, 0.15) is 35.6 Å². The molecule has 78 heavy (non-hydrogen) atoms. The van der Waals surface area contributed by atoms with Crippen molar-refractivity contribution in [1.29, 1.82) is 0 Å². The number of benzene rings is 3. The number of likely N-dealkylation sites (N-methyl/N-ethyl adjacent to an activating group) is 1. The maximum atomic E-state index is 14.9. The molecular weight excluding hydrogens is 1030 g/mol. The number of rotatable bonds is 15. The van der Waals surface area contributed by atoms with E-state index in [9.17, 15) is 54.3 Å². The molecule has 0 aromatic heterocycles. The first-order valence-electron chi connectivity index (χ1n) is 26.1. The lowest BCUT2D eigenvalue weighted by molar-refractivity contribution is -0.346. The lowest BCUT2D eigenvalue weighted by atomic mass is 9.44. The number of nitrogens with zero attached hydrogens (tertiary/aromatic N) is 1. The average molecular weight is 1110 g/mol. The molecule has 7 rings (SSSR count). The average Bonchev–Trinajstić information content (AvgIpc) is 3.39. The molecule has 1 aliphatic heterocycles. The van der Waals surface area contributed by atoms with Gasteiger partial charge in [-0.05, 0) is 94.2 Å². The number of nitrogens with two attached hydrogens (primary N) is 1. The molecule has 2 amide bonds. The number of ketones is 1. The quantitative estimate of drug-likeness (QED) is 0.0441. The number of amides is 2. The van der Waals surface area contributed by atoms with Crippen molar-refractivity contribution in [2.45, 2.75) is 148 Å². The number of fused-ring (bicyclic) bond motifs is 5. The summed E-state index contributed by atoms with van der Waals surface area (Å²) in [6, 6.07) is 17.7. The molecule has 11 atom stereocenters. The fourth-order valence-electron chi connectivity index (χ4n) is 11.5. The number of aliphatic hydroxyl groups excluding tert-OH is 4. The molecule has 1 saturated heterocycles. The smallest absolute Gasteiger partial charge is 0.408 e. The van der Waals surface area contributed by atoms with Gasteiger partial charge in [0, 0.05) is 43.8 Å². The number of carbonyl (C=O) groups is 6. The third kappa shape index (κ3) is 12.1. The Labute approximate surface area is 459 Å². The molecule has 0 unspecified atom stereocenters. The molecule has 20 nitrogen and oxygen atoms in total. The zero-order valence-electron chi connectivity index (χ0n) is 45.8. The van der Waals surface area contributed by atoms with E-state index in [1.807, 2.05) is 0 Å². The molecule has 3 aromatic rings. The monoisotopic (exact) mass is 1110 g/mol. The first-order chi connectivity index (χ1) is 36.5. The predicted molar refractivity (Wildman–Crippen MR) is 286 cm³/mol. The molecule has 0 radical (unpaired) electrons. The first kappa shape index (κ1) is 61.2.